The first-order valence-electron chi connectivity index (χ1n) is 5.36. The molecular weight excluding hydrogens is 404 g/mol. The highest BCUT2D eigenvalue weighted by atomic mass is 35.5. The van der Waals surface area contributed by atoms with Gasteiger partial charge in [0.05, 0.1) is 35.2 Å². The molecule has 1 aliphatic carbocycles. The molecule has 0 N–H and O–H groups in total. The maximum atomic E-state index is 6.30. The first-order chi connectivity index (χ1) is 9.34. The van der Waals surface area contributed by atoms with Crippen LogP contribution < -0.4 is 0 Å². The topological polar surface area (TPSA) is 0 Å². The molecule has 7 heteroatoms. The van der Waals surface area contributed by atoms with Crippen LogP contribution in [-0.2, 0) is 6.42 Å². The van der Waals surface area contributed by atoms with Crippen molar-refractivity contribution in [3.63, 3.8) is 0 Å². The molecule has 0 saturated heterocycles. The fourth-order valence-electron chi connectivity index (χ4n) is 2.36. The fraction of sp³-hybridized carbons (Fsp3) is 0.0769. The van der Waals surface area contributed by atoms with Crippen molar-refractivity contribution in [2.75, 3.05) is 0 Å². The maximum Gasteiger partial charge on any atom is 0.0800 e. The molecule has 0 spiro atoms. The van der Waals surface area contributed by atoms with Crippen molar-refractivity contribution in [1.29, 1.82) is 0 Å². The van der Waals surface area contributed by atoms with Crippen molar-refractivity contribution in [2.24, 2.45) is 0 Å². The molecule has 0 heterocycles. The van der Waals surface area contributed by atoms with Crippen molar-refractivity contribution in [3.8, 4) is 11.1 Å². The van der Waals surface area contributed by atoms with Crippen molar-refractivity contribution in [3.05, 3.63) is 52.4 Å². The van der Waals surface area contributed by atoms with Gasteiger partial charge in [-0.05, 0) is 17.2 Å². The van der Waals surface area contributed by atoms with Crippen molar-refractivity contribution < 1.29 is 0 Å². The molecule has 2 aromatic rings. The Balaban J connectivity index is 2.46. The molecule has 0 fully saturated rings. The van der Waals surface area contributed by atoms with Crippen LogP contribution in [0.4, 0.5) is 0 Å². The third-order valence-electron chi connectivity index (χ3n) is 3.24. The molecule has 0 unspecified atom stereocenters. The second-order valence-corrected chi connectivity index (χ2v) is 7.00. The summed E-state index contributed by atoms with van der Waals surface area (Å²) < 4.78 is 0. The summed E-state index contributed by atoms with van der Waals surface area (Å²) in [4.78, 5) is 0. The van der Waals surface area contributed by atoms with E-state index in [0.717, 1.165) is 11.1 Å². The molecule has 0 atom stereocenters. The summed E-state index contributed by atoms with van der Waals surface area (Å²) in [5, 5.41) is 2.36. The largest absolute Gasteiger partial charge is 0.0836 e. The predicted octanol–water partition coefficient (Wildman–Crippen LogP) is 7.83. The summed E-state index contributed by atoms with van der Waals surface area (Å²) in [5.74, 6) is 0. The van der Waals surface area contributed by atoms with Crippen LogP contribution >= 0.6 is 81.2 Å². The minimum atomic E-state index is 0.201. The van der Waals surface area contributed by atoms with Gasteiger partial charge in [-0.1, -0.05) is 81.2 Å². The number of halogens is 7. The molecular formula is C13H3Cl7. The summed E-state index contributed by atoms with van der Waals surface area (Å²) in [6.45, 7) is 0. The van der Waals surface area contributed by atoms with Crippen LogP contribution in [0.1, 0.15) is 11.1 Å². The Morgan fingerprint density at radius 1 is 0.550 bits per heavy atom. The van der Waals surface area contributed by atoms with Gasteiger partial charge in [0.15, 0.2) is 0 Å². The van der Waals surface area contributed by atoms with Crippen LogP contribution in [0.25, 0.3) is 11.1 Å². The van der Waals surface area contributed by atoms with E-state index in [9.17, 15) is 0 Å². The van der Waals surface area contributed by atoms with Gasteiger partial charge in [0.25, 0.3) is 0 Å². The van der Waals surface area contributed by atoms with Gasteiger partial charge in [0.1, 0.15) is 0 Å². The molecule has 0 radical (unpaired) electrons. The summed E-state index contributed by atoms with van der Waals surface area (Å²) in [5.41, 5.74) is 2.92. The Bertz CT molecular complexity index is 765. The van der Waals surface area contributed by atoms with E-state index in [1.54, 1.807) is 6.07 Å². The smallest absolute Gasteiger partial charge is 0.0800 e. The van der Waals surface area contributed by atoms with E-state index in [1.807, 2.05) is 0 Å². The average Bonchev–Trinajstić information content (AvgIpc) is 2.81. The van der Waals surface area contributed by atoms with Crippen molar-refractivity contribution >= 4 is 81.2 Å². The number of fused-ring (bicyclic) bond motifs is 3. The van der Waals surface area contributed by atoms with Gasteiger partial charge in [-0.3, -0.25) is 0 Å². The summed E-state index contributed by atoms with van der Waals surface area (Å²) in [6.07, 6.45) is 0.458. The van der Waals surface area contributed by atoms with Gasteiger partial charge in [0.2, 0.25) is 0 Å². The lowest BCUT2D eigenvalue weighted by atomic mass is 10.1. The minimum absolute atomic E-state index is 0.201. The number of hydrogen-bond donors (Lipinski definition) is 0. The molecule has 3 rings (SSSR count). The third kappa shape index (κ3) is 2.05. The van der Waals surface area contributed by atoms with E-state index in [-0.39, 0.29) is 10.0 Å². The van der Waals surface area contributed by atoms with E-state index in [1.165, 1.54) is 0 Å². The van der Waals surface area contributed by atoms with Crippen LogP contribution in [0.3, 0.4) is 0 Å². The molecule has 0 bridgehead atoms. The van der Waals surface area contributed by atoms with Crippen LogP contribution in [0.2, 0.25) is 35.2 Å². The predicted molar refractivity (Wildman–Crippen MR) is 89.8 cm³/mol. The second kappa shape index (κ2) is 5.28. The molecule has 0 nitrogen and oxygen atoms in total. The lowest BCUT2D eigenvalue weighted by molar-refractivity contribution is 1.26. The highest BCUT2D eigenvalue weighted by Gasteiger charge is 2.32. The monoisotopic (exact) mass is 404 g/mol. The van der Waals surface area contributed by atoms with E-state index < -0.39 is 0 Å². The number of hydrogen-bond acceptors (Lipinski definition) is 0. The lowest BCUT2D eigenvalue weighted by Gasteiger charge is -2.11. The van der Waals surface area contributed by atoms with E-state index in [2.05, 4.69) is 0 Å². The number of rotatable bonds is 0. The first-order valence-corrected chi connectivity index (χ1v) is 8.00. The summed E-state index contributed by atoms with van der Waals surface area (Å²) >= 11 is 43.3. The Labute approximate surface area is 150 Å². The molecule has 20 heavy (non-hydrogen) atoms. The summed E-state index contributed by atoms with van der Waals surface area (Å²) in [7, 11) is 0. The fourth-order valence-corrected chi connectivity index (χ4v) is 4.23. The maximum absolute atomic E-state index is 6.30. The molecule has 0 saturated carbocycles. The normalized spacial score (nSPS) is 12.6. The highest BCUT2D eigenvalue weighted by molar-refractivity contribution is 6.54. The van der Waals surface area contributed by atoms with Crippen LogP contribution in [0.15, 0.2) is 6.07 Å². The number of benzene rings is 2. The van der Waals surface area contributed by atoms with Gasteiger partial charge in [0, 0.05) is 17.5 Å². The van der Waals surface area contributed by atoms with Gasteiger partial charge in [-0.15, -0.1) is 0 Å². The zero-order chi connectivity index (χ0) is 14.8. The van der Waals surface area contributed by atoms with Gasteiger partial charge in [-0.2, -0.15) is 0 Å². The van der Waals surface area contributed by atoms with Crippen LogP contribution in [-0.4, -0.2) is 0 Å². The zero-order valence-electron chi connectivity index (χ0n) is 9.43. The molecule has 0 aromatic heterocycles. The lowest BCUT2D eigenvalue weighted by Crippen LogP contribution is -1.87. The van der Waals surface area contributed by atoms with Crippen LogP contribution in [0, 0.1) is 0 Å². The van der Waals surface area contributed by atoms with Crippen molar-refractivity contribution in [2.45, 2.75) is 6.42 Å². The van der Waals surface area contributed by atoms with Crippen molar-refractivity contribution in [1.82, 2.24) is 0 Å². The molecule has 104 valence electrons. The first kappa shape index (κ1) is 15.4. The Morgan fingerprint density at radius 2 is 1.10 bits per heavy atom. The highest BCUT2D eigenvalue weighted by Crippen LogP contribution is 2.54. The van der Waals surface area contributed by atoms with Gasteiger partial charge >= 0.3 is 0 Å². The van der Waals surface area contributed by atoms with Crippen LogP contribution in [0.5, 0.6) is 0 Å². The van der Waals surface area contributed by atoms with Gasteiger partial charge < -0.3 is 0 Å². The standard InChI is InChI=1S/C13H3Cl7/c14-5-2-6(15)9(16)3-1-4-8(7(3)5)11(18)13(20)12(19)10(4)17/h2H,1H2. The minimum Gasteiger partial charge on any atom is -0.0836 e. The molecule has 1 aliphatic rings. The van der Waals surface area contributed by atoms with Gasteiger partial charge in [-0.25, -0.2) is 0 Å². The zero-order valence-corrected chi connectivity index (χ0v) is 14.7. The molecule has 0 amide bonds. The second-order valence-electron chi connectivity index (χ2n) is 4.29. The SMILES string of the molecule is Clc1cc(Cl)c2c(c1Cl)Cc1c(Cl)c(Cl)c(Cl)c(Cl)c1-2. The van der Waals surface area contributed by atoms with E-state index >= 15 is 0 Å². The summed E-state index contributed by atoms with van der Waals surface area (Å²) in [6, 6.07) is 1.58. The van der Waals surface area contributed by atoms with E-state index in [4.69, 9.17) is 81.2 Å². The third-order valence-corrected chi connectivity index (χ3v) is 6.20. The quantitative estimate of drug-likeness (QED) is 0.263. The molecule has 2 aromatic carbocycles. The van der Waals surface area contributed by atoms with E-state index in [0.29, 0.717) is 42.7 Å². The Kier molecular flexibility index (Phi) is 4.06. The Morgan fingerprint density at radius 3 is 1.75 bits per heavy atom. The Hall–Kier alpha value is 0.470. The molecule has 0 aliphatic heterocycles. The average molecular weight is 407 g/mol.